The van der Waals surface area contributed by atoms with E-state index in [1.165, 1.54) is 0 Å². The molecule has 7 heteroatoms. The van der Waals surface area contributed by atoms with E-state index in [2.05, 4.69) is 9.88 Å². The number of nitrogens with zero attached hydrogens (tertiary/aromatic N) is 2. The fourth-order valence-electron chi connectivity index (χ4n) is 3.57. The number of ether oxygens (including phenoxy) is 1. The van der Waals surface area contributed by atoms with Gasteiger partial charge in [-0.25, -0.2) is 4.79 Å². The summed E-state index contributed by atoms with van der Waals surface area (Å²) in [7, 11) is 0. The molecule has 0 bridgehead atoms. The number of aromatic nitrogens is 1. The van der Waals surface area contributed by atoms with Crippen molar-refractivity contribution in [1.82, 2.24) is 9.47 Å². The summed E-state index contributed by atoms with van der Waals surface area (Å²) < 4.78 is 7.24. The smallest absolute Gasteiger partial charge is 0.340 e. The van der Waals surface area contributed by atoms with E-state index in [1.54, 1.807) is 35.2 Å². The van der Waals surface area contributed by atoms with Gasteiger partial charge in [-0.05, 0) is 71.9 Å². The fraction of sp³-hybridized carbons (Fsp3) is 0.435. The van der Waals surface area contributed by atoms with Gasteiger partial charge in [0.25, 0.3) is 11.8 Å². The molecule has 162 valence electrons. The third kappa shape index (κ3) is 5.28. The highest BCUT2D eigenvalue weighted by molar-refractivity contribution is 5.97. The van der Waals surface area contributed by atoms with Crippen LogP contribution in [-0.2, 0) is 9.53 Å². The van der Waals surface area contributed by atoms with Crippen molar-refractivity contribution in [2.45, 2.75) is 47.6 Å². The van der Waals surface area contributed by atoms with Gasteiger partial charge in [-0.15, -0.1) is 0 Å². The highest BCUT2D eigenvalue weighted by Gasteiger charge is 2.19. The summed E-state index contributed by atoms with van der Waals surface area (Å²) in [6.45, 7) is 12.6. The predicted molar refractivity (Wildman–Crippen MR) is 117 cm³/mol. The summed E-state index contributed by atoms with van der Waals surface area (Å²) in [4.78, 5) is 38.6. The van der Waals surface area contributed by atoms with Crippen LogP contribution in [0.2, 0.25) is 0 Å². The van der Waals surface area contributed by atoms with Gasteiger partial charge in [-0.1, -0.05) is 0 Å². The summed E-state index contributed by atoms with van der Waals surface area (Å²) in [5.74, 6) is -1.01. The number of aryl methyl sites for hydroxylation is 1. The highest BCUT2D eigenvalue weighted by atomic mass is 16.5. The molecule has 2 aromatic rings. The lowest BCUT2D eigenvalue weighted by molar-refractivity contribution is -0.119. The number of carbonyl (C=O) groups excluding carboxylic acids is 3. The summed E-state index contributed by atoms with van der Waals surface area (Å²) in [6.07, 6.45) is 0. The molecule has 0 saturated carbocycles. The second-order valence-electron chi connectivity index (χ2n) is 7.43. The quantitative estimate of drug-likeness (QED) is 0.664. The molecule has 2 amide bonds. The summed E-state index contributed by atoms with van der Waals surface area (Å²) in [5, 5.41) is 2.68. The third-order valence-corrected chi connectivity index (χ3v) is 5.02. The van der Waals surface area contributed by atoms with E-state index in [1.807, 2.05) is 41.5 Å². The van der Waals surface area contributed by atoms with Crippen molar-refractivity contribution < 1.29 is 19.1 Å². The lowest BCUT2D eigenvalue weighted by Gasteiger charge is -2.18. The molecule has 0 unspecified atom stereocenters. The predicted octanol–water partition coefficient (Wildman–Crippen LogP) is 3.96. The van der Waals surface area contributed by atoms with Gasteiger partial charge in [0.05, 0.1) is 5.56 Å². The van der Waals surface area contributed by atoms with E-state index in [4.69, 9.17) is 4.74 Å². The Morgan fingerprint density at radius 1 is 1.07 bits per heavy atom. The fourth-order valence-corrected chi connectivity index (χ4v) is 3.57. The van der Waals surface area contributed by atoms with Crippen LogP contribution in [0.3, 0.4) is 0 Å². The van der Waals surface area contributed by atoms with Crippen molar-refractivity contribution in [3.05, 3.63) is 52.8 Å². The van der Waals surface area contributed by atoms with Gasteiger partial charge in [0.2, 0.25) is 0 Å². The first kappa shape index (κ1) is 23.2. The highest BCUT2D eigenvalue weighted by Crippen LogP contribution is 2.21. The van der Waals surface area contributed by atoms with Crippen LogP contribution in [-0.4, -0.2) is 46.9 Å². The summed E-state index contributed by atoms with van der Waals surface area (Å²) in [5.41, 5.74) is 3.35. The lowest BCUT2D eigenvalue weighted by Crippen LogP contribution is -2.30. The van der Waals surface area contributed by atoms with Gasteiger partial charge < -0.3 is 19.5 Å². The maximum Gasteiger partial charge on any atom is 0.340 e. The van der Waals surface area contributed by atoms with E-state index in [0.717, 1.165) is 11.4 Å². The molecular formula is C23H31N3O4. The molecular weight excluding hydrogens is 382 g/mol. The molecule has 1 aromatic heterocycles. The Hall–Kier alpha value is -3.09. The SMILES string of the molecule is CCN(CC)C(=O)c1ccc(NC(=O)COC(=O)c2cc(C)n(C(C)C)c2C)cc1. The molecule has 7 nitrogen and oxygen atoms in total. The zero-order valence-corrected chi connectivity index (χ0v) is 18.6. The van der Waals surface area contributed by atoms with Crippen molar-refractivity contribution in [1.29, 1.82) is 0 Å². The van der Waals surface area contributed by atoms with Crippen molar-refractivity contribution in [2.24, 2.45) is 0 Å². The van der Waals surface area contributed by atoms with Gasteiger partial charge in [-0.3, -0.25) is 9.59 Å². The second-order valence-corrected chi connectivity index (χ2v) is 7.43. The number of benzene rings is 1. The standard InChI is InChI=1S/C23H31N3O4/c1-7-25(8-2)22(28)18-9-11-19(12-10-18)24-21(27)14-30-23(29)20-13-16(5)26(15(3)4)17(20)6/h9-13,15H,7-8,14H2,1-6H3,(H,24,27). The van der Waals surface area contributed by atoms with Gasteiger partial charge in [0.1, 0.15) is 0 Å². The van der Waals surface area contributed by atoms with Crippen LogP contribution in [0.4, 0.5) is 5.69 Å². The van der Waals surface area contributed by atoms with Gasteiger partial charge in [0, 0.05) is 41.8 Å². The molecule has 0 atom stereocenters. The lowest BCUT2D eigenvalue weighted by atomic mass is 10.2. The Balaban J connectivity index is 1.94. The van der Waals surface area contributed by atoms with Gasteiger partial charge >= 0.3 is 5.97 Å². The molecule has 0 spiro atoms. The van der Waals surface area contributed by atoms with Crippen molar-refractivity contribution >= 4 is 23.5 Å². The van der Waals surface area contributed by atoms with Gasteiger partial charge in [0.15, 0.2) is 6.61 Å². The van der Waals surface area contributed by atoms with Crippen molar-refractivity contribution in [3.63, 3.8) is 0 Å². The minimum Gasteiger partial charge on any atom is -0.452 e. The van der Waals surface area contributed by atoms with E-state index < -0.39 is 11.9 Å². The number of carbonyl (C=O) groups is 3. The third-order valence-electron chi connectivity index (χ3n) is 5.02. The number of hydrogen-bond acceptors (Lipinski definition) is 4. The molecule has 0 saturated heterocycles. The monoisotopic (exact) mass is 413 g/mol. The molecule has 0 aliphatic heterocycles. The zero-order chi connectivity index (χ0) is 22.4. The van der Waals surface area contributed by atoms with Crippen molar-refractivity contribution in [3.8, 4) is 0 Å². The van der Waals surface area contributed by atoms with E-state index in [9.17, 15) is 14.4 Å². The molecule has 2 rings (SSSR count). The van der Waals surface area contributed by atoms with E-state index in [0.29, 0.717) is 29.9 Å². The molecule has 0 aliphatic carbocycles. The van der Waals surface area contributed by atoms with Crippen LogP contribution >= 0.6 is 0 Å². The number of hydrogen-bond donors (Lipinski definition) is 1. The van der Waals surface area contributed by atoms with Crippen LogP contribution in [0.15, 0.2) is 30.3 Å². The molecule has 0 aliphatic rings. The molecule has 30 heavy (non-hydrogen) atoms. The topological polar surface area (TPSA) is 80.6 Å². The Morgan fingerprint density at radius 2 is 1.67 bits per heavy atom. The Bertz CT molecular complexity index is 909. The zero-order valence-electron chi connectivity index (χ0n) is 18.6. The first-order chi connectivity index (χ1) is 14.2. The van der Waals surface area contributed by atoms with Crippen LogP contribution in [0.25, 0.3) is 0 Å². The van der Waals surface area contributed by atoms with E-state index >= 15 is 0 Å². The molecule has 0 fully saturated rings. The normalized spacial score (nSPS) is 10.8. The molecule has 1 heterocycles. The largest absolute Gasteiger partial charge is 0.452 e. The molecule has 1 aromatic carbocycles. The van der Waals surface area contributed by atoms with Gasteiger partial charge in [-0.2, -0.15) is 0 Å². The van der Waals surface area contributed by atoms with Crippen LogP contribution in [0.1, 0.15) is 65.8 Å². The molecule has 0 radical (unpaired) electrons. The first-order valence-electron chi connectivity index (χ1n) is 10.2. The van der Waals surface area contributed by atoms with Crippen molar-refractivity contribution in [2.75, 3.05) is 25.0 Å². The number of amides is 2. The Morgan fingerprint density at radius 3 is 2.17 bits per heavy atom. The first-order valence-corrected chi connectivity index (χ1v) is 10.2. The summed E-state index contributed by atoms with van der Waals surface area (Å²) in [6, 6.07) is 8.67. The maximum absolute atomic E-state index is 12.4. The number of anilines is 1. The Labute approximate surface area is 178 Å². The average Bonchev–Trinajstić information content (AvgIpc) is 3.01. The van der Waals surface area contributed by atoms with E-state index in [-0.39, 0.29) is 18.6 Å². The Kier molecular flexibility index (Phi) is 7.80. The average molecular weight is 414 g/mol. The second kappa shape index (κ2) is 10.1. The number of esters is 1. The van der Waals surface area contributed by atoms with Crippen LogP contribution in [0, 0.1) is 13.8 Å². The summed E-state index contributed by atoms with van der Waals surface area (Å²) >= 11 is 0. The molecule has 1 N–H and O–H groups in total. The number of rotatable bonds is 8. The number of nitrogens with one attached hydrogen (secondary N) is 1. The van der Waals surface area contributed by atoms with Crippen LogP contribution in [0.5, 0.6) is 0 Å². The minimum absolute atomic E-state index is 0.0502. The maximum atomic E-state index is 12.4. The van der Waals surface area contributed by atoms with Crippen LogP contribution < -0.4 is 5.32 Å². The minimum atomic E-state index is -0.523.